The molecule has 9 heteroatoms. The predicted octanol–water partition coefficient (Wildman–Crippen LogP) is 2.61. The van der Waals surface area contributed by atoms with Gasteiger partial charge in [0.2, 0.25) is 5.91 Å². The lowest BCUT2D eigenvalue weighted by atomic mass is 10.2. The van der Waals surface area contributed by atoms with Crippen molar-refractivity contribution in [2.45, 2.75) is 27.2 Å². The summed E-state index contributed by atoms with van der Waals surface area (Å²) in [4.78, 5) is 30.3. The molecule has 2 amide bonds. The Labute approximate surface area is 193 Å². The summed E-state index contributed by atoms with van der Waals surface area (Å²) >= 11 is 3.35. The van der Waals surface area contributed by atoms with Crippen LogP contribution in [0.15, 0.2) is 33.7 Å². The van der Waals surface area contributed by atoms with Crippen LogP contribution in [-0.2, 0) is 4.79 Å². The molecule has 0 atom stereocenters. The maximum atomic E-state index is 12.1. The highest BCUT2D eigenvalue weighted by Crippen LogP contribution is 2.10. The lowest BCUT2D eigenvalue weighted by molar-refractivity contribution is -0.130. The van der Waals surface area contributed by atoms with Crippen LogP contribution < -0.4 is 16.0 Å². The Hall–Kier alpha value is -1.36. The molecule has 7 nitrogen and oxygen atoms in total. The molecule has 1 aromatic rings. The van der Waals surface area contributed by atoms with Gasteiger partial charge in [0.05, 0.1) is 6.54 Å². The summed E-state index contributed by atoms with van der Waals surface area (Å²) in [6.45, 7) is 9.52. The summed E-state index contributed by atoms with van der Waals surface area (Å²) in [6, 6.07) is 7.21. The molecule has 0 unspecified atom stereocenters. The molecule has 0 radical (unpaired) electrons. The van der Waals surface area contributed by atoms with E-state index in [4.69, 9.17) is 0 Å². The standard InChI is InChI=1S/C19H30BrN5O2.HI/c1-4-21-19(23-12-11-17(26)25(5-2)6-3)24-14-13-22-18(27)15-7-9-16(20)10-8-15;/h7-10H,4-6,11-14H2,1-3H3,(H,22,27)(H2,21,23,24);1H. The fourth-order valence-electron chi connectivity index (χ4n) is 2.40. The monoisotopic (exact) mass is 567 g/mol. The lowest BCUT2D eigenvalue weighted by Crippen LogP contribution is -2.41. The Balaban J connectivity index is 0.00000729. The van der Waals surface area contributed by atoms with Crippen LogP contribution in [0.1, 0.15) is 37.6 Å². The number of hydrogen-bond acceptors (Lipinski definition) is 3. The highest BCUT2D eigenvalue weighted by atomic mass is 127. The minimum absolute atomic E-state index is 0. The molecule has 1 aromatic carbocycles. The zero-order valence-electron chi connectivity index (χ0n) is 16.8. The van der Waals surface area contributed by atoms with Gasteiger partial charge in [-0.1, -0.05) is 15.9 Å². The number of amides is 2. The molecule has 3 N–H and O–H groups in total. The molecule has 0 aliphatic heterocycles. The second-order valence-corrected chi connectivity index (χ2v) is 6.68. The molecule has 0 heterocycles. The third kappa shape index (κ3) is 10.3. The maximum Gasteiger partial charge on any atom is 0.251 e. The molecule has 158 valence electrons. The third-order valence-electron chi connectivity index (χ3n) is 3.87. The number of nitrogens with one attached hydrogen (secondary N) is 3. The number of carbonyl (C=O) groups excluding carboxylic acids is 2. The van der Waals surface area contributed by atoms with E-state index in [-0.39, 0.29) is 35.8 Å². The Bertz CT molecular complexity index is 621. The summed E-state index contributed by atoms with van der Waals surface area (Å²) in [5.74, 6) is 0.639. The Kier molecular flexibility index (Phi) is 14.8. The minimum Gasteiger partial charge on any atom is -0.357 e. The van der Waals surface area contributed by atoms with Gasteiger partial charge in [0, 0.05) is 49.2 Å². The topological polar surface area (TPSA) is 85.8 Å². The number of aliphatic imine (C=N–C) groups is 1. The number of halogens is 2. The molecular weight excluding hydrogens is 537 g/mol. The second kappa shape index (κ2) is 15.5. The Morgan fingerprint density at radius 1 is 1.00 bits per heavy atom. The van der Waals surface area contributed by atoms with Gasteiger partial charge in [0.1, 0.15) is 0 Å². The van der Waals surface area contributed by atoms with E-state index < -0.39 is 0 Å². The molecule has 0 bridgehead atoms. The molecule has 28 heavy (non-hydrogen) atoms. The number of guanidine groups is 1. The van der Waals surface area contributed by atoms with Crippen LogP contribution in [-0.4, -0.2) is 61.9 Å². The fourth-order valence-corrected chi connectivity index (χ4v) is 2.66. The van der Waals surface area contributed by atoms with Crippen LogP contribution in [0.4, 0.5) is 0 Å². The Morgan fingerprint density at radius 2 is 1.61 bits per heavy atom. The average Bonchev–Trinajstić information content (AvgIpc) is 2.66. The number of nitrogens with zero attached hydrogens (tertiary/aromatic N) is 2. The van der Waals surface area contributed by atoms with E-state index >= 15 is 0 Å². The molecule has 0 aromatic heterocycles. The van der Waals surface area contributed by atoms with Gasteiger partial charge < -0.3 is 20.9 Å². The van der Waals surface area contributed by atoms with Gasteiger partial charge >= 0.3 is 0 Å². The van der Waals surface area contributed by atoms with Crippen molar-refractivity contribution in [3.63, 3.8) is 0 Å². The SMILES string of the molecule is CCNC(=NCCC(=O)N(CC)CC)NCCNC(=O)c1ccc(Br)cc1.I. The van der Waals surface area contributed by atoms with Gasteiger partial charge in [0.15, 0.2) is 5.96 Å². The van der Waals surface area contributed by atoms with Crippen LogP contribution in [0.3, 0.4) is 0 Å². The van der Waals surface area contributed by atoms with Crippen molar-refractivity contribution < 1.29 is 9.59 Å². The quantitative estimate of drug-likeness (QED) is 0.176. The first kappa shape index (κ1) is 26.6. The fraction of sp³-hybridized carbons (Fsp3) is 0.526. The zero-order valence-corrected chi connectivity index (χ0v) is 20.7. The largest absolute Gasteiger partial charge is 0.357 e. The number of carbonyl (C=O) groups is 2. The maximum absolute atomic E-state index is 12.1. The summed E-state index contributed by atoms with van der Waals surface area (Å²) in [5.41, 5.74) is 0.619. The van der Waals surface area contributed by atoms with Gasteiger partial charge in [0.25, 0.3) is 5.91 Å². The normalized spacial score (nSPS) is 10.6. The first-order valence-electron chi connectivity index (χ1n) is 9.35. The minimum atomic E-state index is -0.115. The van der Waals surface area contributed by atoms with Gasteiger partial charge in [-0.3, -0.25) is 14.6 Å². The van der Waals surface area contributed by atoms with Crippen LogP contribution in [0.25, 0.3) is 0 Å². The summed E-state index contributed by atoms with van der Waals surface area (Å²) in [5, 5.41) is 9.16. The number of benzene rings is 1. The highest BCUT2D eigenvalue weighted by molar-refractivity contribution is 14.0. The lowest BCUT2D eigenvalue weighted by Gasteiger charge is -2.18. The first-order valence-corrected chi connectivity index (χ1v) is 10.1. The van der Waals surface area contributed by atoms with E-state index in [1.165, 1.54) is 0 Å². The van der Waals surface area contributed by atoms with Gasteiger partial charge in [-0.25, -0.2) is 0 Å². The van der Waals surface area contributed by atoms with E-state index in [9.17, 15) is 9.59 Å². The molecule has 0 aliphatic carbocycles. The van der Waals surface area contributed by atoms with E-state index in [1.54, 1.807) is 17.0 Å². The first-order chi connectivity index (χ1) is 13.0. The summed E-state index contributed by atoms with van der Waals surface area (Å²) in [7, 11) is 0. The second-order valence-electron chi connectivity index (χ2n) is 5.77. The van der Waals surface area contributed by atoms with Crippen LogP contribution in [0, 0.1) is 0 Å². The third-order valence-corrected chi connectivity index (χ3v) is 4.39. The van der Waals surface area contributed by atoms with Crippen molar-refractivity contribution in [3.8, 4) is 0 Å². The number of hydrogen-bond donors (Lipinski definition) is 3. The van der Waals surface area contributed by atoms with Crippen molar-refractivity contribution in [3.05, 3.63) is 34.3 Å². The van der Waals surface area contributed by atoms with Crippen molar-refractivity contribution >= 4 is 57.7 Å². The Morgan fingerprint density at radius 3 is 2.18 bits per heavy atom. The van der Waals surface area contributed by atoms with Crippen LogP contribution in [0.2, 0.25) is 0 Å². The predicted molar refractivity (Wildman–Crippen MR) is 128 cm³/mol. The zero-order chi connectivity index (χ0) is 20.1. The molecule has 0 spiro atoms. The summed E-state index contributed by atoms with van der Waals surface area (Å²) in [6.07, 6.45) is 0.387. The van der Waals surface area contributed by atoms with E-state index in [2.05, 4.69) is 36.9 Å². The van der Waals surface area contributed by atoms with Crippen molar-refractivity contribution in [2.75, 3.05) is 39.3 Å². The van der Waals surface area contributed by atoms with Crippen molar-refractivity contribution in [1.29, 1.82) is 0 Å². The van der Waals surface area contributed by atoms with Gasteiger partial charge in [-0.15, -0.1) is 24.0 Å². The molecule has 0 saturated heterocycles. The summed E-state index contributed by atoms with van der Waals surface area (Å²) < 4.78 is 0.937. The van der Waals surface area contributed by atoms with E-state index in [0.29, 0.717) is 37.6 Å². The van der Waals surface area contributed by atoms with E-state index in [0.717, 1.165) is 24.1 Å². The number of rotatable bonds is 10. The van der Waals surface area contributed by atoms with Gasteiger partial charge in [-0.05, 0) is 45.0 Å². The smallest absolute Gasteiger partial charge is 0.251 e. The van der Waals surface area contributed by atoms with E-state index in [1.807, 2.05) is 32.9 Å². The molecule has 0 fully saturated rings. The molecule has 0 aliphatic rings. The molecular formula is C19H31BrIN5O2. The van der Waals surface area contributed by atoms with Crippen LogP contribution >= 0.6 is 39.9 Å². The van der Waals surface area contributed by atoms with Crippen LogP contribution in [0.5, 0.6) is 0 Å². The van der Waals surface area contributed by atoms with Gasteiger partial charge in [-0.2, -0.15) is 0 Å². The molecule has 1 rings (SSSR count). The van der Waals surface area contributed by atoms with Crippen molar-refractivity contribution in [2.24, 2.45) is 4.99 Å². The highest BCUT2D eigenvalue weighted by Gasteiger charge is 2.08. The average molecular weight is 568 g/mol. The molecule has 0 saturated carbocycles. The van der Waals surface area contributed by atoms with Crippen molar-refractivity contribution in [1.82, 2.24) is 20.9 Å².